The summed E-state index contributed by atoms with van der Waals surface area (Å²) in [5.41, 5.74) is 0.138. The molecule has 4 bridgehead atoms. The lowest BCUT2D eigenvalue weighted by molar-refractivity contribution is -0.172. The summed E-state index contributed by atoms with van der Waals surface area (Å²) in [6.07, 6.45) is 2.35. The van der Waals surface area contributed by atoms with E-state index in [1.165, 1.54) is 7.11 Å². The Balaban J connectivity index is 1.51. The normalized spacial score (nSPS) is 40.3. The molecule has 12 atom stereocenters. The zero-order chi connectivity index (χ0) is 31.1. The van der Waals surface area contributed by atoms with Gasteiger partial charge in [-0.25, -0.2) is 14.4 Å². The van der Waals surface area contributed by atoms with Gasteiger partial charge >= 0.3 is 18.0 Å². The minimum absolute atomic E-state index is 0.0247. The van der Waals surface area contributed by atoms with E-state index in [0.717, 1.165) is 5.57 Å². The number of aliphatic hydroxyl groups is 2. The molecule has 4 N–H and O–H groups in total. The Morgan fingerprint density at radius 1 is 1.28 bits per heavy atom. The van der Waals surface area contributed by atoms with Crippen LogP contribution in [0, 0.1) is 29.6 Å². The van der Waals surface area contributed by atoms with Crippen LogP contribution in [0.5, 0.6) is 0 Å². The molecule has 1 saturated carbocycles. The largest absolute Gasteiger partial charge is 0.456 e. The molecule has 2 fully saturated rings. The summed E-state index contributed by atoms with van der Waals surface area (Å²) in [7, 11) is 1.43. The highest BCUT2D eigenvalue weighted by molar-refractivity contribution is 5.87. The van der Waals surface area contributed by atoms with E-state index in [4.69, 9.17) is 28.8 Å². The highest BCUT2D eigenvalue weighted by atomic mass is 16.6. The lowest BCUT2D eigenvalue weighted by atomic mass is 9.57. The highest BCUT2D eigenvalue weighted by Crippen LogP contribution is 2.61. The number of aromatic amines is 1. The molecule has 1 unspecified atom stereocenters. The molecule has 5 rings (SSSR count). The number of aliphatic hydroxyl groups excluding tert-OH is 2. The second kappa shape index (κ2) is 12.4. The number of esters is 2. The van der Waals surface area contributed by atoms with Gasteiger partial charge in [-0.05, 0) is 38.0 Å². The fourth-order valence-corrected chi connectivity index (χ4v) is 7.57. The number of ether oxygens (including phenoxy) is 5. The summed E-state index contributed by atoms with van der Waals surface area (Å²) < 4.78 is 30.0. The molecule has 43 heavy (non-hydrogen) atoms. The summed E-state index contributed by atoms with van der Waals surface area (Å²) in [5, 5.41) is 23.3. The highest BCUT2D eigenvalue weighted by Gasteiger charge is 2.69. The third-order valence-electron chi connectivity index (χ3n) is 9.60. The third-order valence-corrected chi connectivity index (χ3v) is 9.60. The van der Waals surface area contributed by atoms with Crippen LogP contribution in [0.3, 0.4) is 0 Å². The summed E-state index contributed by atoms with van der Waals surface area (Å²) >= 11 is 0. The van der Waals surface area contributed by atoms with Gasteiger partial charge in [0, 0.05) is 49.4 Å². The van der Waals surface area contributed by atoms with Gasteiger partial charge < -0.3 is 44.2 Å². The summed E-state index contributed by atoms with van der Waals surface area (Å²) in [6, 6.07) is 3.35. The standard InChI is InChI=1S/C31H42N2O10/c1-15-13-16(2)31-19(14-22(39-5)29(37)41-25(15)18(4)40-30(38)33-11-12-34)8-9-20-23(31)24(35)17(3)26(27(20)43-31)42-28(36)21-7-6-10-32-21/h6-10,13,15,17-20,22-27,32,34-35H,11-12,14H2,1-5H3,(H,33,38)/b16-13+/t15-,17-,18-,19?,20-,22+,23+,24-,25+,26-,27-,31+/m1/s1. The van der Waals surface area contributed by atoms with Gasteiger partial charge in [-0.2, -0.15) is 0 Å². The molecule has 2 aliphatic heterocycles. The molecule has 3 heterocycles. The Hall–Kier alpha value is -3.19. The number of hydrogen-bond acceptors (Lipinski definition) is 10. The molecule has 0 radical (unpaired) electrons. The number of nitrogens with one attached hydrogen (secondary N) is 2. The molecule has 12 heteroatoms. The molecule has 236 valence electrons. The fourth-order valence-electron chi connectivity index (χ4n) is 7.57. The number of rotatable bonds is 7. The number of hydrogen-bond donors (Lipinski definition) is 4. The maximum Gasteiger partial charge on any atom is 0.407 e. The van der Waals surface area contributed by atoms with Gasteiger partial charge in [-0.1, -0.05) is 32.1 Å². The van der Waals surface area contributed by atoms with Gasteiger partial charge in [0.2, 0.25) is 0 Å². The first-order valence-corrected chi connectivity index (χ1v) is 14.9. The molecule has 1 amide bonds. The predicted octanol–water partition coefficient (Wildman–Crippen LogP) is 2.13. The van der Waals surface area contributed by atoms with E-state index in [9.17, 15) is 19.5 Å². The molecular weight excluding hydrogens is 560 g/mol. The van der Waals surface area contributed by atoms with E-state index in [1.54, 1.807) is 25.3 Å². The number of alkyl carbamates (subject to hydrolysis) is 1. The molecule has 12 nitrogen and oxygen atoms in total. The first-order valence-electron chi connectivity index (χ1n) is 14.9. The number of methoxy groups -OCH3 is 1. The second-order valence-electron chi connectivity index (χ2n) is 12.1. The fraction of sp³-hybridized carbons (Fsp3) is 0.645. The van der Waals surface area contributed by atoms with Crippen molar-refractivity contribution in [2.24, 2.45) is 29.6 Å². The SMILES string of the molecule is CO[C@H]1CC2C=C[C@H]3[C@H]4O[C@]2(/C(C)=C/[C@@H](C)[C@@H]([C@@H](C)OC(=O)NCCO)OC1=O)[C@@H]3[C@H](O)[C@@H](C)[C@H]4OC(=O)c1ccc[nH]1. The molecule has 4 aliphatic rings. The Morgan fingerprint density at radius 2 is 2.05 bits per heavy atom. The Bertz CT molecular complexity index is 1250. The summed E-state index contributed by atoms with van der Waals surface area (Å²) in [4.78, 5) is 41.5. The Labute approximate surface area is 250 Å². The van der Waals surface area contributed by atoms with Gasteiger partial charge in [0.05, 0.1) is 12.7 Å². The number of H-pyrrole nitrogens is 1. The van der Waals surface area contributed by atoms with Crippen molar-refractivity contribution in [3.05, 3.63) is 47.8 Å². The van der Waals surface area contributed by atoms with Crippen molar-refractivity contribution in [2.75, 3.05) is 20.3 Å². The van der Waals surface area contributed by atoms with Crippen LogP contribution >= 0.6 is 0 Å². The van der Waals surface area contributed by atoms with Crippen LogP contribution in [0.4, 0.5) is 4.79 Å². The number of amides is 1. The molecule has 2 aliphatic carbocycles. The Morgan fingerprint density at radius 3 is 2.72 bits per heavy atom. The van der Waals surface area contributed by atoms with Crippen LogP contribution in [-0.2, 0) is 28.5 Å². The van der Waals surface area contributed by atoms with Gasteiger partial charge in [0.1, 0.15) is 35.7 Å². The molecular formula is C31H42N2O10. The topological polar surface area (TPSA) is 166 Å². The van der Waals surface area contributed by atoms with Gasteiger partial charge in [-0.15, -0.1) is 0 Å². The van der Waals surface area contributed by atoms with E-state index < -0.39 is 72.1 Å². The lowest BCUT2D eigenvalue weighted by Crippen LogP contribution is -2.57. The predicted molar refractivity (Wildman–Crippen MR) is 152 cm³/mol. The van der Waals surface area contributed by atoms with Crippen molar-refractivity contribution in [1.29, 1.82) is 0 Å². The van der Waals surface area contributed by atoms with Crippen molar-refractivity contribution in [3.63, 3.8) is 0 Å². The van der Waals surface area contributed by atoms with Crippen molar-refractivity contribution < 1.29 is 48.3 Å². The molecule has 1 aromatic heterocycles. The van der Waals surface area contributed by atoms with Crippen LogP contribution < -0.4 is 5.32 Å². The van der Waals surface area contributed by atoms with E-state index in [-0.39, 0.29) is 37.3 Å². The van der Waals surface area contributed by atoms with Crippen LogP contribution in [-0.4, -0.2) is 95.7 Å². The van der Waals surface area contributed by atoms with Gasteiger partial charge in [-0.3, -0.25) is 0 Å². The van der Waals surface area contributed by atoms with E-state index >= 15 is 0 Å². The van der Waals surface area contributed by atoms with Gasteiger partial charge in [0.15, 0.2) is 6.10 Å². The van der Waals surface area contributed by atoms with Crippen LogP contribution in [0.2, 0.25) is 0 Å². The minimum Gasteiger partial charge on any atom is -0.456 e. The van der Waals surface area contributed by atoms with E-state index in [0.29, 0.717) is 5.69 Å². The zero-order valence-corrected chi connectivity index (χ0v) is 25.1. The second-order valence-corrected chi connectivity index (χ2v) is 12.1. The number of carbonyl (C=O) groups excluding carboxylic acids is 3. The zero-order valence-electron chi connectivity index (χ0n) is 25.1. The van der Waals surface area contributed by atoms with Crippen LogP contribution in [0.1, 0.15) is 44.6 Å². The van der Waals surface area contributed by atoms with Gasteiger partial charge in [0.25, 0.3) is 0 Å². The molecule has 1 saturated heterocycles. The number of cyclic esters (lactones) is 1. The van der Waals surface area contributed by atoms with Crippen molar-refractivity contribution in [3.8, 4) is 0 Å². The summed E-state index contributed by atoms with van der Waals surface area (Å²) in [6.45, 7) is 7.09. The molecule has 1 spiro atoms. The Kier molecular flexibility index (Phi) is 9.03. The number of carbonyl (C=O) groups is 3. The molecule has 0 aromatic carbocycles. The van der Waals surface area contributed by atoms with Crippen LogP contribution in [0.25, 0.3) is 0 Å². The maximum atomic E-state index is 13.4. The van der Waals surface area contributed by atoms with E-state index in [2.05, 4.69) is 10.3 Å². The van der Waals surface area contributed by atoms with Crippen molar-refractivity contribution in [2.45, 2.75) is 76.3 Å². The first kappa shape index (κ1) is 31.2. The maximum absolute atomic E-state index is 13.4. The minimum atomic E-state index is -1.01. The average Bonchev–Trinajstić information content (AvgIpc) is 3.58. The number of aromatic nitrogens is 1. The van der Waals surface area contributed by atoms with E-state index in [1.807, 2.05) is 39.0 Å². The van der Waals surface area contributed by atoms with Crippen molar-refractivity contribution in [1.82, 2.24) is 10.3 Å². The third kappa shape index (κ3) is 5.50. The monoisotopic (exact) mass is 602 g/mol. The average molecular weight is 603 g/mol. The quantitative estimate of drug-likeness (QED) is 0.206. The lowest BCUT2D eigenvalue weighted by Gasteiger charge is -2.48. The molecule has 1 aromatic rings. The summed E-state index contributed by atoms with van der Waals surface area (Å²) in [5.74, 6) is -2.92. The van der Waals surface area contributed by atoms with Crippen molar-refractivity contribution >= 4 is 18.0 Å². The van der Waals surface area contributed by atoms with Crippen LogP contribution in [0.15, 0.2) is 42.1 Å². The smallest absolute Gasteiger partial charge is 0.407 e. The first-order chi connectivity index (χ1) is 20.5.